The number of hydrogen-bond acceptors (Lipinski definition) is 4. The van der Waals surface area contributed by atoms with Crippen LogP contribution in [0.3, 0.4) is 0 Å². The summed E-state index contributed by atoms with van der Waals surface area (Å²) in [5.41, 5.74) is 19.3. The first-order valence-electron chi connectivity index (χ1n) is 11.3. The second kappa shape index (κ2) is 16.1. The van der Waals surface area contributed by atoms with Crippen LogP contribution in [0.25, 0.3) is 0 Å². The fourth-order valence-electron chi connectivity index (χ4n) is 3.35. The zero-order valence-corrected chi connectivity index (χ0v) is 17.9. The molecule has 0 unspecified atom stereocenters. The molecule has 160 valence electrons. The molecule has 0 heterocycles. The normalized spacial score (nSPS) is 11.7. The molecule has 1 aromatic carbocycles. The average molecular weight is 391 g/mol. The Morgan fingerprint density at radius 3 is 1.61 bits per heavy atom. The van der Waals surface area contributed by atoms with Crippen molar-refractivity contribution >= 4 is 17.2 Å². The van der Waals surface area contributed by atoms with E-state index in [-0.39, 0.29) is 0 Å². The maximum atomic E-state index is 5.91. The predicted molar refractivity (Wildman–Crippen MR) is 122 cm³/mol. The van der Waals surface area contributed by atoms with E-state index >= 15 is 0 Å². The predicted octanol–water partition coefficient (Wildman–Crippen LogP) is 5.97. The minimum absolute atomic E-state index is 0.310. The third-order valence-electron chi connectivity index (χ3n) is 5.03. The van der Waals surface area contributed by atoms with Crippen LogP contribution in [0.2, 0.25) is 0 Å². The van der Waals surface area contributed by atoms with Gasteiger partial charge in [0, 0.05) is 16.9 Å². The van der Waals surface area contributed by atoms with Crippen molar-refractivity contribution in [1.82, 2.24) is 0 Å². The van der Waals surface area contributed by atoms with Gasteiger partial charge in [-0.05, 0) is 31.0 Å². The van der Waals surface area contributed by atoms with Crippen LogP contribution in [-0.4, -0.2) is 12.4 Å². The Balaban J connectivity index is 1.91. The summed E-state index contributed by atoms with van der Waals surface area (Å²) >= 11 is 0. The van der Waals surface area contributed by atoms with Gasteiger partial charge in [-0.15, -0.1) is 0 Å². The molecule has 28 heavy (non-hydrogen) atoms. The molecule has 0 bridgehead atoms. The summed E-state index contributed by atoms with van der Waals surface area (Å²) in [6, 6.07) is 5.17. The summed E-state index contributed by atoms with van der Waals surface area (Å²) in [6.45, 7) is 2.87. The van der Waals surface area contributed by atoms with Gasteiger partial charge in [-0.2, -0.15) is 0 Å². The zero-order valence-electron chi connectivity index (χ0n) is 17.9. The van der Waals surface area contributed by atoms with Crippen molar-refractivity contribution in [2.45, 2.75) is 96.8 Å². The van der Waals surface area contributed by atoms with Crippen LogP contribution in [0.4, 0.5) is 11.4 Å². The summed E-state index contributed by atoms with van der Waals surface area (Å²) in [4.78, 5) is 5.32. The summed E-state index contributed by atoms with van der Waals surface area (Å²) in [5, 5.41) is 3.96. The molecule has 0 radical (unpaired) electrons. The van der Waals surface area contributed by atoms with E-state index in [0.29, 0.717) is 29.4 Å². The van der Waals surface area contributed by atoms with Crippen molar-refractivity contribution in [2.75, 3.05) is 18.1 Å². The van der Waals surface area contributed by atoms with E-state index in [1.165, 1.54) is 83.5 Å². The van der Waals surface area contributed by atoms with Crippen molar-refractivity contribution in [3.05, 3.63) is 23.8 Å². The number of anilines is 2. The summed E-state index contributed by atoms with van der Waals surface area (Å²) in [5.74, 6) is 0.310. The van der Waals surface area contributed by atoms with Crippen molar-refractivity contribution in [1.29, 1.82) is 0 Å². The lowest BCUT2D eigenvalue weighted by Crippen LogP contribution is -2.14. The standard InChI is InChI=1S/C23H42N4O/c1-2-3-4-5-6-7-8-9-10-11-12-13-14-15-16-28-27-23(26)20-17-21(24)19-22(25)18-20/h17-19H,2-16,24-25H2,1H3,(H2,26,27). The molecule has 0 aliphatic rings. The lowest BCUT2D eigenvalue weighted by atomic mass is 10.0. The molecular formula is C23H42N4O. The quantitative estimate of drug-likeness (QED) is 0.100. The lowest BCUT2D eigenvalue weighted by molar-refractivity contribution is 0.139. The highest BCUT2D eigenvalue weighted by Gasteiger charge is 2.02. The first-order valence-corrected chi connectivity index (χ1v) is 11.3. The Morgan fingerprint density at radius 2 is 1.14 bits per heavy atom. The molecule has 0 aliphatic heterocycles. The van der Waals surface area contributed by atoms with Crippen LogP contribution < -0.4 is 17.2 Å². The average Bonchev–Trinajstić information content (AvgIpc) is 2.66. The minimum Gasteiger partial charge on any atom is -0.399 e. The zero-order chi connectivity index (χ0) is 20.5. The molecule has 0 fully saturated rings. The molecule has 6 N–H and O–H groups in total. The van der Waals surface area contributed by atoms with Crippen LogP contribution in [0.5, 0.6) is 0 Å². The van der Waals surface area contributed by atoms with Crippen molar-refractivity contribution in [3.8, 4) is 0 Å². The van der Waals surface area contributed by atoms with Gasteiger partial charge >= 0.3 is 0 Å². The SMILES string of the molecule is CCCCCCCCCCCCCCCCON=C(N)c1cc(N)cc(N)c1. The molecule has 0 amide bonds. The van der Waals surface area contributed by atoms with E-state index in [1.54, 1.807) is 18.2 Å². The number of benzene rings is 1. The van der Waals surface area contributed by atoms with E-state index in [4.69, 9.17) is 22.0 Å². The first-order chi connectivity index (χ1) is 13.6. The smallest absolute Gasteiger partial charge is 0.170 e. The van der Waals surface area contributed by atoms with Gasteiger partial charge in [0.05, 0.1) is 0 Å². The summed E-state index contributed by atoms with van der Waals surface area (Å²) in [6.07, 6.45) is 18.8. The van der Waals surface area contributed by atoms with Crippen LogP contribution >= 0.6 is 0 Å². The molecule has 5 nitrogen and oxygen atoms in total. The van der Waals surface area contributed by atoms with E-state index in [9.17, 15) is 0 Å². The topological polar surface area (TPSA) is 99.6 Å². The number of nitrogen functional groups attached to an aromatic ring is 2. The first kappa shape index (κ1) is 24.1. The van der Waals surface area contributed by atoms with Gasteiger partial charge in [-0.25, -0.2) is 0 Å². The van der Waals surface area contributed by atoms with Crippen LogP contribution in [-0.2, 0) is 4.84 Å². The molecule has 0 atom stereocenters. The molecule has 5 heteroatoms. The number of unbranched alkanes of at least 4 members (excludes halogenated alkanes) is 13. The Morgan fingerprint density at radius 1 is 0.714 bits per heavy atom. The fraction of sp³-hybridized carbons (Fsp3) is 0.696. The van der Waals surface area contributed by atoms with E-state index in [2.05, 4.69) is 12.1 Å². The second-order valence-corrected chi connectivity index (χ2v) is 7.79. The van der Waals surface area contributed by atoms with Crippen LogP contribution in [0.15, 0.2) is 23.4 Å². The van der Waals surface area contributed by atoms with E-state index < -0.39 is 0 Å². The molecule has 0 aromatic heterocycles. The van der Waals surface area contributed by atoms with Crippen molar-refractivity contribution in [2.24, 2.45) is 10.9 Å². The monoisotopic (exact) mass is 390 g/mol. The molecule has 0 aliphatic carbocycles. The van der Waals surface area contributed by atoms with Crippen LogP contribution in [0, 0.1) is 0 Å². The third kappa shape index (κ3) is 12.5. The maximum Gasteiger partial charge on any atom is 0.170 e. The number of rotatable bonds is 17. The van der Waals surface area contributed by atoms with Crippen LogP contribution in [0.1, 0.15) is 102 Å². The van der Waals surface area contributed by atoms with E-state index in [0.717, 1.165) is 6.42 Å². The van der Waals surface area contributed by atoms with Gasteiger partial charge in [0.15, 0.2) is 5.84 Å². The Hall–Kier alpha value is -1.91. The number of nitrogens with zero attached hydrogens (tertiary/aromatic N) is 1. The number of amidine groups is 1. The van der Waals surface area contributed by atoms with Crippen molar-refractivity contribution in [3.63, 3.8) is 0 Å². The van der Waals surface area contributed by atoms with Gasteiger partial charge in [0.25, 0.3) is 0 Å². The molecule has 0 saturated carbocycles. The summed E-state index contributed by atoms with van der Waals surface area (Å²) in [7, 11) is 0. The summed E-state index contributed by atoms with van der Waals surface area (Å²) < 4.78 is 0. The van der Waals surface area contributed by atoms with E-state index in [1.807, 2.05) is 0 Å². The molecule has 0 spiro atoms. The highest BCUT2D eigenvalue weighted by Crippen LogP contribution is 2.14. The molecule has 1 rings (SSSR count). The fourth-order valence-corrected chi connectivity index (χ4v) is 3.35. The Labute approximate surface area is 172 Å². The Kier molecular flexibility index (Phi) is 13.9. The van der Waals surface area contributed by atoms with Gasteiger partial charge in [0.1, 0.15) is 6.61 Å². The third-order valence-corrected chi connectivity index (χ3v) is 5.03. The van der Waals surface area contributed by atoms with Gasteiger partial charge in [0.2, 0.25) is 0 Å². The second-order valence-electron chi connectivity index (χ2n) is 7.79. The van der Waals surface area contributed by atoms with Crippen molar-refractivity contribution < 1.29 is 4.84 Å². The number of hydrogen-bond donors (Lipinski definition) is 3. The highest BCUT2D eigenvalue weighted by atomic mass is 16.6. The van der Waals surface area contributed by atoms with Gasteiger partial charge in [-0.3, -0.25) is 0 Å². The molecular weight excluding hydrogens is 348 g/mol. The highest BCUT2D eigenvalue weighted by molar-refractivity contribution is 5.98. The molecule has 1 aromatic rings. The Bertz CT molecular complexity index is 525. The number of nitrogens with two attached hydrogens (primary N) is 3. The van der Waals surface area contributed by atoms with Gasteiger partial charge < -0.3 is 22.0 Å². The number of oxime groups is 1. The largest absolute Gasteiger partial charge is 0.399 e. The molecule has 0 saturated heterocycles. The minimum atomic E-state index is 0.310. The lowest BCUT2D eigenvalue weighted by Gasteiger charge is -2.05. The van der Waals surface area contributed by atoms with Gasteiger partial charge in [-0.1, -0.05) is 89.1 Å². The maximum absolute atomic E-state index is 5.91.